The molecule has 1 saturated heterocycles. The number of rotatable bonds is 8. The van der Waals surface area contributed by atoms with Gasteiger partial charge in [0.2, 0.25) is 5.75 Å². The average Bonchev–Trinajstić information content (AvgIpc) is 2.74. The van der Waals surface area contributed by atoms with Gasteiger partial charge in [-0.15, -0.1) is 0 Å². The van der Waals surface area contributed by atoms with Gasteiger partial charge in [-0.3, -0.25) is 9.89 Å². The van der Waals surface area contributed by atoms with Crippen LogP contribution in [-0.2, 0) is 11.3 Å². The number of benzene rings is 1. The Kier molecular flexibility index (Phi) is 8.40. The van der Waals surface area contributed by atoms with Gasteiger partial charge < -0.3 is 29.2 Å². The van der Waals surface area contributed by atoms with Gasteiger partial charge in [0, 0.05) is 53.4 Å². The van der Waals surface area contributed by atoms with Crippen molar-refractivity contribution < 1.29 is 18.9 Å². The first-order valence-corrected chi connectivity index (χ1v) is 9.89. The molecule has 0 bridgehead atoms. The topological polar surface area (TPSA) is 67.8 Å². The number of methoxy groups -OCH3 is 4. The lowest BCUT2D eigenvalue weighted by Gasteiger charge is -2.37. The second-order valence-corrected chi connectivity index (χ2v) is 7.66. The van der Waals surface area contributed by atoms with E-state index in [0.29, 0.717) is 23.8 Å². The molecular weight excluding hydrogens is 372 g/mol. The maximum Gasteiger partial charge on any atom is 0.203 e. The standard InChI is InChI=1S/C21H36N4O4/c1-21(2,29-7)15-23-20(22-3)25-10-8-24(9-11-25)14-16-12-17(26-4)19(28-6)18(13-16)27-5/h12-13H,8-11,14-15H2,1-7H3,(H,22,23). The Hall–Kier alpha value is -2.19. The molecule has 1 aromatic carbocycles. The summed E-state index contributed by atoms with van der Waals surface area (Å²) in [5.41, 5.74) is 0.904. The van der Waals surface area contributed by atoms with Gasteiger partial charge in [-0.05, 0) is 31.5 Å². The molecule has 164 valence electrons. The molecule has 0 spiro atoms. The zero-order valence-corrected chi connectivity index (χ0v) is 18.9. The van der Waals surface area contributed by atoms with Crippen molar-refractivity contribution in [2.75, 3.05) is 68.2 Å². The van der Waals surface area contributed by atoms with E-state index in [1.807, 2.05) is 19.2 Å². The van der Waals surface area contributed by atoms with Gasteiger partial charge in [0.05, 0.1) is 26.9 Å². The van der Waals surface area contributed by atoms with E-state index in [2.05, 4.69) is 34.0 Å². The number of nitrogens with zero attached hydrogens (tertiary/aromatic N) is 3. The smallest absolute Gasteiger partial charge is 0.203 e. The van der Waals surface area contributed by atoms with Crippen LogP contribution in [-0.4, -0.2) is 89.6 Å². The van der Waals surface area contributed by atoms with Gasteiger partial charge >= 0.3 is 0 Å². The fraction of sp³-hybridized carbons (Fsp3) is 0.667. The third-order valence-electron chi connectivity index (χ3n) is 5.24. The molecule has 1 heterocycles. The van der Waals surface area contributed by atoms with Gasteiger partial charge in [-0.2, -0.15) is 0 Å². The molecule has 0 amide bonds. The Bertz CT molecular complexity index is 660. The molecule has 0 radical (unpaired) electrons. The number of nitrogens with one attached hydrogen (secondary N) is 1. The minimum absolute atomic E-state index is 0.232. The second kappa shape index (κ2) is 10.5. The van der Waals surface area contributed by atoms with Crippen LogP contribution >= 0.6 is 0 Å². The van der Waals surface area contributed by atoms with Crippen molar-refractivity contribution in [2.45, 2.75) is 26.0 Å². The predicted molar refractivity (Wildman–Crippen MR) is 115 cm³/mol. The molecule has 1 N–H and O–H groups in total. The molecule has 0 unspecified atom stereocenters. The van der Waals surface area contributed by atoms with E-state index in [4.69, 9.17) is 18.9 Å². The highest BCUT2D eigenvalue weighted by Gasteiger charge is 2.23. The van der Waals surface area contributed by atoms with Crippen molar-refractivity contribution in [3.63, 3.8) is 0 Å². The number of ether oxygens (including phenoxy) is 4. The first-order valence-electron chi connectivity index (χ1n) is 9.89. The average molecular weight is 409 g/mol. The normalized spacial score (nSPS) is 16.0. The second-order valence-electron chi connectivity index (χ2n) is 7.66. The summed E-state index contributed by atoms with van der Waals surface area (Å²) in [7, 11) is 8.46. The van der Waals surface area contributed by atoms with Crippen LogP contribution in [0.25, 0.3) is 0 Å². The number of piperazine rings is 1. The largest absolute Gasteiger partial charge is 0.493 e. The zero-order valence-electron chi connectivity index (χ0n) is 18.9. The summed E-state index contributed by atoms with van der Waals surface area (Å²) in [5, 5.41) is 3.42. The zero-order chi connectivity index (χ0) is 21.4. The first kappa shape index (κ1) is 23.1. The predicted octanol–water partition coefficient (Wildman–Crippen LogP) is 1.83. The third kappa shape index (κ3) is 6.14. The van der Waals surface area contributed by atoms with E-state index in [1.54, 1.807) is 28.4 Å². The van der Waals surface area contributed by atoms with Gasteiger partial charge in [-0.25, -0.2) is 0 Å². The van der Waals surface area contributed by atoms with Crippen molar-refractivity contribution >= 4 is 5.96 Å². The molecule has 0 aromatic heterocycles. The number of hydrogen-bond donors (Lipinski definition) is 1. The summed E-state index contributed by atoms with van der Waals surface area (Å²) in [6.45, 7) is 9.38. The Morgan fingerprint density at radius 3 is 2.03 bits per heavy atom. The van der Waals surface area contributed by atoms with E-state index in [0.717, 1.165) is 44.2 Å². The van der Waals surface area contributed by atoms with E-state index in [-0.39, 0.29) is 5.60 Å². The lowest BCUT2D eigenvalue weighted by Crippen LogP contribution is -2.54. The minimum atomic E-state index is -0.232. The molecule has 8 nitrogen and oxygen atoms in total. The summed E-state index contributed by atoms with van der Waals surface area (Å²) in [4.78, 5) is 9.14. The molecular formula is C21H36N4O4. The van der Waals surface area contributed by atoms with Crippen LogP contribution in [0.15, 0.2) is 17.1 Å². The lowest BCUT2D eigenvalue weighted by atomic mass is 10.1. The molecule has 0 saturated carbocycles. The summed E-state index contributed by atoms with van der Waals surface area (Å²) < 4.78 is 21.8. The van der Waals surface area contributed by atoms with Gasteiger partial charge in [0.15, 0.2) is 17.5 Å². The van der Waals surface area contributed by atoms with Gasteiger partial charge in [-0.1, -0.05) is 0 Å². The van der Waals surface area contributed by atoms with Crippen LogP contribution in [0.5, 0.6) is 17.2 Å². The Labute approximate surface area is 174 Å². The van der Waals surface area contributed by atoms with Crippen LogP contribution in [0.4, 0.5) is 0 Å². The maximum absolute atomic E-state index is 5.48. The maximum atomic E-state index is 5.48. The van der Waals surface area contributed by atoms with Crippen molar-refractivity contribution in [1.82, 2.24) is 15.1 Å². The molecule has 29 heavy (non-hydrogen) atoms. The summed E-state index contributed by atoms with van der Waals surface area (Å²) in [5.74, 6) is 2.91. The van der Waals surface area contributed by atoms with Crippen molar-refractivity contribution in [3.05, 3.63) is 17.7 Å². The molecule has 1 aliphatic heterocycles. The Morgan fingerprint density at radius 2 is 1.59 bits per heavy atom. The third-order valence-corrected chi connectivity index (χ3v) is 5.24. The SMILES string of the molecule is CN=C(NCC(C)(C)OC)N1CCN(Cc2cc(OC)c(OC)c(OC)c2)CC1. The van der Waals surface area contributed by atoms with Crippen LogP contribution in [0.3, 0.4) is 0 Å². The fourth-order valence-electron chi connectivity index (χ4n) is 3.30. The lowest BCUT2D eigenvalue weighted by molar-refractivity contribution is 0.0261. The highest BCUT2D eigenvalue weighted by atomic mass is 16.5. The van der Waals surface area contributed by atoms with Gasteiger partial charge in [0.1, 0.15) is 0 Å². The van der Waals surface area contributed by atoms with E-state index >= 15 is 0 Å². The number of guanidine groups is 1. The first-order chi connectivity index (χ1) is 13.9. The molecule has 1 aliphatic rings. The molecule has 1 aromatic rings. The van der Waals surface area contributed by atoms with Crippen LogP contribution in [0.1, 0.15) is 19.4 Å². The Balaban J connectivity index is 1.96. The van der Waals surface area contributed by atoms with Crippen molar-refractivity contribution in [2.24, 2.45) is 4.99 Å². The van der Waals surface area contributed by atoms with Crippen molar-refractivity contribution in [3.8, 4) is 17.2 Å². The van der Waals surface area contributed by atoms with Gasteiger partial charge in [0.25, 0.3) is 0 Å². The number of aliphatic imine (C=N–C) groups is 1. The summed E-state index contributed by atoms with van der Waals surface area (Å²) >= 11 is 0. The molecule has 2 rings (SSSR count). The van der Waals surface area contributed by atoms with E-state index < -0.39 is 0 Å². The number of hydrogen-bond acceptors (Lipinski definition) is 6. The van der Waals surface area contributed by atoms with Crippen molar-refractivity contribution in [1.29, 1.82) is 0 Å². The quantitative estimate of drug-likeness (QED) is 0.520. The van der Waals surface area contributed by atoms with E-state index in [9.17, 15) is 0 Å². The Morgan fingerprint density at radius 1 is 1.00 bits per heavy atom. The monoisotopic (exact) mass is 408 g/mol. The molecule has 0 atom stereocenters. The molecule has 1 fully saturated rings. The minimum Gasteiger partial charge on any atom is -0.493 e. The highest BCUT2D eigenvalue weighted by Crippen LogP contribution is 2.38. The fourth-order valence-corrected chi connectivity index (χ4v) is 3.30. The molecule has 8 heteroatoms. The highest BCUT2D eigenvalue weighted by molar-refractivity contribution is 5.80. The van der Waals surface area contributed by atoms with E-state index in [1.165, 1.54) is 0 Å². The molecule has 0 aliphatic carbocycles. The van der Waals surface area contributed by atoms with Crippen LogP contribution < -0.4 is 19.5 Å². The van der Waals surface area contributed by atoms with Crippen LogP contribution in [0, 0.1) is 0 Å². The van der Waals surface area contributed by atoms with Crippen LogP contribution in [0.2, 0.25) is 0 Å². The summed E-state index contributed by atoms with van der Waals surface area (Å²) in [6.07, 6.45) is 0. The summed E-state index contributed by atoms with van der Waals surface area (Å²) in [6, 6.07) is 4.03.